The van der Waals surface area contributed by atoms with Gasteiger partial charge >= 0.3 is 5.97 Å². The van der Waals surface area contributed by atoms with Crippen LogP contribution in [-0.2, 0) is 38.0 Å². The summed E-state index contributed by atoms with van der Waals surface area (Å²) in [5.74, 6) is 0.174. The van der Waals surface area contributed by atoms with Crippen LogP contribution < -0.4 is 0 Å². The van der Waals surface area contributed by atoms with Gasteiger partial charge in [-0.05, 0) is 94.5 Å². The highest BCUT2D eigenvalue weighted by Crippen LogP contribution is 2.70. The van der Waals surface area contributed by atoms with Crippen molar-refractivity contribution in [3.8, 4) is 0 Å². The molecule has 0 aromatic heterocycles. The summed E-state index contributed by atoms with van der Waals surface area (Å²) in [6.45, 7) is 9.98. The molecule has 14 heteroatoms. The standard InChI is InChI=1S/C41H64O14/c1-19-36(47)27(42)14-33(50-19)54-38-21(3)52-34(16-29(38)44)55-37-20(2)51-32(15-28(37)43)53-24-8-10-39(4)23(13-24)6-7-26-25(39)9-11-40(5)35(22-12-31(46)49-18-22)30(45)17-41(26,40)48/h12,19-21,23-30,32-38,42-45,47-48H,6-11,13-18H2,1-5H3/t19?,20?,21?,23-,24+,25+,26-,27?,28?,29?,30+,32+,33+,34+,35+,36-,37-,38-,39+,40-,41+/m1/s1. The van der Waals surface area contributed by atoms with Gasteiger partial charge in [-0.2, -0.15) is 0 Å². The van der Waals surface area contributed by atoms with E-state index >= 15 is 0 Å². The molecule has 4 aliphatic heterocycles. The lowest BCUT2D eigenvalue weighted by Crippen LogP contribution is -2.62. The summed E-state index contributed by atoms with van der Waals surface area (Å²) in [7, 11) is 0. The normalized spacial score (nSPS) is 55.5. The molecule has 8 aliphatic rings. The third-order valence-corrected chi connectivity index (χ3v) is 15.8. The van der Waals surface area contributed by atoms with Crippen LogP contribution in [0.15, 0.2) is 11.6 Å². The Morgan fingerprint density at radius 3 is 1.87 bits per heavy atom. The van der Waals surface area contributed by atoms with Crippen LogP contribution in [0.5, 0.6) is 0 Å². The van der Waals surface area contributed by atoms with Crippen molar-refractivity contribution in [1.82, 2.24) is 0 Å². The molecule has 4 heterocycles. The molecule has 4 saturated carbocycles. The molecule has 3 saturated heterocycles. The molecule has 7 fully saturated rings. The average Bonchev–Trinajstić information content (AvgIpc) is 3.62. The van der Waals surface area contributed by atoms with Gasteiger partial charge in [0, 0.05) is 43.1 Å². The summed E-state index contributed by atoms with van der Waals surface area (Å²) in [6.07, 6.45) is -1.26. The predicted molar refractivity (Wildman–Crippen MR) is 193 cm³/mol. The van der Waals surface area contributed by atoms with E-state index in [9.17, 15) is 35.4 Å². The van der Waals surface area contributed by atoms with Gasteiger partial charge in [0.25, 0.3) is 0 Å². The topological polar surface area (TPSA) is 203 Å². The maximum atomic E-state index is 12.6. The van der Waals surface area contributed by atoms with Gasteiger partial charge in [0.05, 0.1) is 54.4 Å². The van der Waals surface area contributed by atoms with Crippen LogP contribution in [-0.4, -0.2) is 135 Å². The van der Waals surface area contributed by atoms with Crippen molar-refractivity contribution in [2.45, 2.75) is 197 Å². The first-order chi connectivity index (χ1) is 26.0. The zero-order valence-corrected chi connectivity index (χ0v) is 32.9. The Bertz CT molecular complexity index is 1410. The maximum absolute atomic E-state index is 12.6. The molecule has 0 aromatic rings. The molecule has 0 spiro atoms. The lowest BCUT2D eigenvalue weighted by Gasteiger charge is -2.63. The van der Waals surface area contributed by atoms with Gasteiger partial charge in [-0.15, -0.1) is 0 Å². The van der Waals surface area contributed by atoms with E-state index in [1.807, 2.05) is 6.92 Å². The van der Waals surface area contributed by atoms with Crippen LogP contribution >= 0.6 is 0 Å². The second kappa shape index (κ2) is 15.1. The lowest BCUT2D eigenvalue weighted by atomic mass is 9.43. The minimum Gasteiger partial charge on any atom is -0.458 e. The lowest BCUT2D eigenvalue weighted by molar-refractivity contribution is -0.336. The van der Waals surface area contributed by atoms with E-state index in [0.29, 0.717) is 18.3 Å². The van der Waals surface area contributed by atoms with E-state index in [0.717, 1.165) is 50.5 Å². The van der Waals surface area contributed by atoms with Gasteiger partial charge in [0.1, 0.15) is 24.9 Å². The molecule has 312 valence electrons. The summed E-state index contributed by atoms with van der Waals surface area (Å²) in [5.41, 5.74) is -0.686. The fraction of sp³-hybridized carbons (Fsp3) is 0.927. The number of hydrogen-bond acceptors (Lipinski definition) is 14. The van der Waals surface area contributed by atoms with Crippen LogP contribution in [0.2, 0.25) is 0 Å². The number of carbonyl (C=O) groups is 1. The van der Waals surface area contributed by atoms with Gasteiger partial charge in [-0.25, -0.2) is 4.79 Å². The molecule has 6 N–H and O–H groups in total. The first kappa shape index (κ1) is 40.5. The van der Waals surface area contributed by atoms with E-state index in [-0.39, 0.29) is 55.2 Å². The second-order valence-electron chi connectivity index (χ2n) is 18.9. The number of carbonyl (C=O) groups excluding carboxylic acids is 1. The van der Waals surface area contributed by atoms with Crippen LogP contribution in [0, 0.1) is 34.5 Å². The summed E-state index contributed by atoms with van der Waals surface area (Å²) >= 11 is 0. The molecule has 55 heavy (non-hydrogen) atoms. The summed E-state index contributed by atoms with van der Waals surface area (Å²) in [5, 5.41) is 66.3. The summed E-state index contributed by atoms with van der Waals surface area (Å²) < 4.78 is 42.1. The zero-order chi connectivity index (χ0) is 39.2. The Labute approximate surface area is 323 Å². The largest absolute Gasteiger partial charge is 0.458 e. The fourth-order valence-corrected chi connectivity index (χ4v) is 12.9. The quantitative estimate of drug-likeness (QED) is 0.162. The third kappa shape index (κ3) is 7.05. The van der Waals surface area contributed by atoms with E-state index in [1.165, 1.54) is 6.08 Å². The molecule has 0 amide bonds. The highest BCUT2D eigenvalue weighted by Gasteiger charge is 2.70. The smallest absolute Gasteiger partial charge is 0.331 e. The molecular weight excluding hydrogens is 716 g/mol. The first-order valence-corrected chi connectivity index (χ1v) is 20.9. The van der Waals surface area contributed by atoms with E-state index in [4.69, 9.17) is 33.2 Å². The minimum absolute atomic E-state index is 0.0203. The summed E-state index contributed by atoms with van der Waals surface area (Å²) in [4.78, 5) is 12.0. The molecule has 21 atom stereocenters. The van der Waals surface area contributed by atoms with Crippen molar-refractivity contribution >= 4 is 5.97 Å². The highest BCUT2D eigenvalue weighted by molar-refractivity contribution is 5.85. The fourth-order valence-electron chi connectivity index (χ4n) is 12.9. The van der Waals surface area contributed by atoms with E-state index < -0.39 is 90.9 Å². The van der Waals surface area contributed by atoms with E-state index in [2.05, 4.69) is 13.8 Å². The molecule has 14 nitrogen and oxygen atoms in total. The highest BCUT2D eigenvalue weighted by atomic mass is 16.7. The number of hydrogen-bond donors (Lipinski definition) is 6. The molecule has 6 unspecified atom stereocenters. The van der Waals surface area contributed by atoms with Crippen LogP contribution in [0.1, 0.15) is 105 Å². The molecule has 4 aliphatic carbocycles. The monoisotopic (exact) mass is 780 g/mol. The average molecular weight is 781 g/mol. The Balaban J connectivity index is 0.834. The van der Waals surface area contributed by atoms with Gasteiger partial charge in [0.2, 0.25) is 0 Å². The number of esters is 1. The minimum atomic E-state index is -1.01. The van der Waals surface area contributed by atoms with Gasteiger partial charge < -0.3 is 63.8 Å². The van der Waals surface area contributed by atoms with Crippen molar-refractivity contribution in [2.75, 3.05) is 6.61 Å². The SMILES string of the molecule is CC1O[C@@H](O[C@H]2C(O)C[C@H](O[C@H]3C(O)C[C@H](O[C@H]4CC[C@@]5(C)[C@H](CC[C@@H]6[C@@H]5CC[C@]5(C)[C@@H](C7=CC(=O)OC7)[C@@H](O)C[C@]65O)C4)OC3C)OC2C)CC(O)[C@@H]1O. The van der Waals surface area contributed by atoms with Crippen molar-refractivity contribution in [1.29, 1.82) is 0 Å². The Morgan fingerprint density at radius 2 is 1.29 bits per heavy atom. The zero-order valence-electron chi connectivity index (χ0n) is 32.9. The van der Waals surface area contributed by atoms with Gasteiger partial charge in [-0.1, -0.05) is 13.8 Å². The van der Waals surface area contributed by atoms with E-state index in [1.54, 1.807) is 13.8 Å². The van der Waals surface area contributed by atoms with Crippen LogP contribution in [0.25, 0.3) is 0 Å². The molecule has 0 aromatic carbocycles. The first-order valence-electron chi connectivity index (χ1n) is 20.9. The molecular formula is C41H64O14. The number of ether oxygens (including phenoxy) is 7. The Hall–Kier alpha value is -1.27. The molecule has 0 bridgehead atoms. The Morgan fingerprint density at radius 1 is 0.691 bits per heavy atom. The number of aliphatic hydroxyl groups excluding tert-OH is 5. The number of aliphatic hydroxyl groups is 6. The van der Waals surface area contributed by atoms with Crippen molar-refractivity contribution in [3.05, 3.63) is 11.6 Å². The third-order valence-electron chi connectivity index (χ3n) is 15.8. The number of cyclic esters (lactones) is 1. The van der Waals surface area contributed by atoms with Gasteiger partial charge in [-0.3, -0.25) is 0 Å². The number of rotatable bonds is 7. The van der Waals surface area contributed by atoms with Crippen molar-refractivity contribution in [2.24, 2.45) is 34.5 Å². The van der Waals surface area contributed by atoms with Crippen LogP contribution in [0.3, 0.4) is 0 Å². The van der Waals surface area contributed by atoms with Gasteiger partial charge in [0.15, 0.2) is 18.9 Å². The van der Waals surface area contributed by atoms with Crippen LogP contribution in [0.4, 0.5) is 0 Å². The molecule has 8 rings (SSSR count). The predicted octanol–water partition coefficient (Wildman–Crippen LogP) is 2.22. The van der Waals surface area contributed by atoms with Crippen molar-refractivity contribution < 1.29 is 68.6 Å². The number of fused-ring (bicyclic) bond motifs is 5. The summed E-state index contributed by atoms with van der Waals surface area (Å²) in [6, 6.07) is 0. The second-order valence-corrected chi connectivity index (χ2v) is 18.9. The maximum Gasteiger partial charge on any atom is 0.331 e. The van der Waals surface area contributed by atoms with Crippen molar-refractivity contribution in [3.63, 3.8) is 0 Å². The molecule has 0 radical (unpaired) electrons. The Kier molecular flexibility index (Phi) is 11.1.